The molecule has 0 N–H and O–H groups in total. The average Bonchev–Trinajstić information content (AvgIpc) is 3.32. The molecule has 61 heavy (non-hydrogen) atoms. The summed E-state index contributed by atoms with van der Waals surface area (Å²) in [6.07, 6.45) is -1.73. The van der Waals surface area contributed by atoms with Crippen LogP contribution in [0.2, 0.25) is 0 Å². The van der Waals surface area contributed by atoms with Gasteiger partial charge < -0.3 is 23.3 Å². The maximum absolute atomic E-state index is 15.4. The van der Waals surface area contributed by atoms with E-state index in [0.29, 0.717) is 6.41 Å². The van der Waals surface area contributed by atoms with Crippen molar-refractivity contribution in [2.24, 2.45) is 5.92 Å². The minimum atomic E-state index is -3.90. The number of carbonyl (C=O) groups excluding carboxylic acids is 1. The zero-order valence-corrected chi connectivity index (χ0v) is 35.8. The molecule has 9 nitrogen and oxygen atoms in total. The molecule has 0 aliphatic rings. The monoisotopic (exact) mass is 841 g/mol. The van der Waals surface area contributed by atoms with E-state index in [2.05, 4.69) is 0 Å². The molecule has 0 bridgehead atoms. The van der Waals surface area contributed by atoms with Crippen LogP contribution in [0.5, 0.6) is 0 Å². The Hall–Kier alpha value is -5.22. The summed E-state index contributed by atoms with van der Waals surface area (Å²) in [6.45, 7) is 4.87. The van der Waals surface area contributed by atoms with Gasteiger partial charge in [-0.2, -0.15) is 0 Å². The third kappa shape index (κ3) is 14.4. The predicted octanol–water partition coefficient (Wildman–Crippen LogP) is 11.0. The van der Waals surface area contributed by atoms with Crippen LogP contribution in [0.1, 0.15) is 47.2 Å². The van der Waals surface area contributed by atoms with Gasteiger partial charge in [0.1, 0.15) is 18.8 Å². The van der Waals surface area contributed by atoms with Crippen molar-refractivity contribution in [2.45, 2.75) is 77.5 Å². The Morgan fingerprint density at radius 1 is 0.459 bits per heavy atom. The molecule has 6 aromatic carbocycles. The fraction of sp³-hybridized carbons (Fsp3) is 0.275. The van der Waals surface area contributed by atoms with E-state index in [0.717, 1.165) is 33.4 Å². The van der Waals surface area contributed by atoms with Crippen molar-refractivity contribution in [3.8, 4) is 0 Å². The highest BCUT2D eigenvalue weighted by Crippen LogP contribution is 2.57. The van der Waals surface area contributed by atoms with Gasteiger partial charge in [-0.15, -0.1) is 0 Å². The number of amides is 1. The fourth-order valence-electron chi connectivity index (χ4n) is 6.87. The third-order valence-electron chi connectivity index (χ3n) is 10.6. The van der Waals surface area contributed by atoms with Gasteiger partial charge in [0.25, 0.3) is 0 Å². The normalized spacial score (nSPS) is 14.1. The van der Waals surface area contributed by atoms with E-state index in [-0.39, 0.29) is 46.2 Å². The summed E-state index contributed by atoms with van der Waals surface area (Å²) in [4.78, 5) is 18.9. The molecule has 6 aromatic rings. The quantitative estimate of drug-likeness (QED) is 0.0303. The molecular weight excluding hydrogens is 786 g/mol. The summed E-state index contributed by atoms with van der Waals surface area (Å²) in [5.41, 5.74) is 4.76. The number of carbonyl (C=O) groups is 1. The van der Waals surface area contributed by atoms with Crippen LogP contribution < -0.4 is 0 Å². The Labute approximate surface area is 360 Å². The van der Waals surface area contributed by atoms with Gasteiger partial charge in [-0.05, 0) is 39.3 Å². The molecule has 10 heteroatoms. The minimum absolute atomic E-state index is 0.00158. The maximum atomic E-state index is 15.4. The van der Waals surface area contributed by atoms with Gasteiger partial charge in [-0.1, -0.05) is 196 Å². The molecule has 0 saturated carbocycles. The van der Waals surface area contributed by atoms with Crippen LogP contribution in [0.4, 0.5) is 0 Å². The van der Waals surface area contributed by atoms with E-state index >= 15 is 4.57 Å². The Balaban J connectivity index is 1.38. The summed E-state index contributed by atoms with van der Waals surface area (Å²) < 4.78 is 48.9. The number of rotatable bonds is 26. The number of ether oxygens (including phenoxy) is 3. The zero-order valence-electron chi connectivity index (χ0n) is 34.9. The molecular formula is C51H56NO8P. The van der Waals surface area contributed by atoms with Gasteiger partial charge in [-0.25, -0.2) is 5.06 Å². The number of benzene rings is 6. The lowest BCUT2D eigenvalue weighted by molar-refractivity contribution is -0.212. The Morgan fingerprint density at radius 2 is 0.787 bits per heavy atom. The Morgan fingerprint density at radius 3 is 1.16 bits per heavy atom. The lowest BCUT2D eigenvalue weighted by Crippen LogP contribution is -2.51. The molecule has 0 aliphatic carbocycles. The summed E-state index contributed by atoms with van der Waals surface area (Å²) >= 11 is 0. The first-order valence-corrected chi connectivity index (χ1v) is 22.3. The van der Waals surface area contributed by atoms with E-state index < -0.39 is 37.5 Å². The predicted molar refractivity (Wildman–Crippen MR) is 238 cm³/mol. The summed E-state index contributed by atoms with van der Waals surface area (Å²) in [7, 11) is -3.90. The van der Waals surface area contributed by atoms with E-state index in [4.69, 9.17) is 28.1 Å². The Kier molecular flexibility index (Phi) is 18.0. The van der Waals surface area contributed by atoms with Crippen molar-refractivity contribution in [1.82, 2.24) is 5.06 Å². The maximum Gasteiger partial charge on any atom is 0.334 e. The molecule has 0 saturated heterocycles. The number of hydrogen-bond acceptors (Lipinski definition) is 8. The van der Waals surface area contributed by atoms with Gasteiger partial charge >= 0.3 is 7.60 Å². The van der Waals surface area contributed by atoms with Crippen molar-refractivity contribution < 1.29 is 37.5 Å². The zero-order chi connectivity index (χ0) is 42.5. The van der Waals surface area contributed by atoms with Crippen LogP contribution in [0.3, 0.4) is 0 Å². The first kappa shape index (κ1) is 45.3. The van der Waals surface area contributed by atoms with Crippen molar-refractivity contribution in [3.05, 3.63) is 215 Å². The van der Waals surface area contributed by atoms with Crippen LogP contribution in [-0.2, 0) is 77.1 Å². The highest BCUT2D eigenvalue weighted by Gasteiger charge is 2.45. The van der Waals surface area contributed by atoms with Gasteiger partial charge in [0.05, 0.1) is 51.3 Å². The summed E-state index contributed by atoms with van der Waals surface area (Å²) in [6, 6.07) is 58.5. The molecule has 1 amide bonds. The lowest BCUT2D eigenvalue weighted by Gasteiger charge is -2.40. The molecule has 318 valence electrons. The molecule has 5 atom stereocenters. The van der Waals surface area contributed by atoms with Gasteiger partial charge in [0.15, 0.2) is 0 Å². The first-order valence-electron chi connectivity index (χ1n) is 20.7. The topological polar surface area (TPSA) is 92.8 Å². The van der Waals surface area contributed by atoms with Crippen LogP contribution in [0.25, 0.3) is 0 Å². The number of hydrogen-bond donors (Lipinski definition) is 0. The standard InChI is InChI=1S/C51H56NO8P/c1-41(42(2)61(54,59-38-47-29-17-7-18-30-47)60-39-48-31-19-8-20-32-48)50(56-35-44-23-11-4-12-24-44)51(57-36-45-25-13-5-14-26-45)49(55-34-43-21-9-3-10-22-43)33-52(40-53)58-37-46-27-15-6-16-28-46/h3-32,40-42,49-51H,33-39H2,1-2H3/t41?,42?,49-,50+,51-/m0/s1. The van der Waals surface area contributed by atoms with Gasteiger partial charge in [0.2, 0.25) is 6.41 Å². The molecule has 0 radical (unpaired) electrons. The highest BCUT2D eigenvalue weighted by molar-refractivity contribution is 7.54. The van der Waals surface area contributed by atoms with Gasteiger partial charge in [-0.3, -0.25) is 14.2 Å². The van der Waals surface area contributed by atoms with E-state index in [1.807, 2.05) is 196 Å². The van der Waals surface area contributed by atoms with E-state index in [9.17, 15) is 4.79 Å². The summed E-state index contributed by atoms with van der Waals surface area (Å²) in [5.74, 6) is -0.514. The number of hydroxylamine groups is 2. The molecule has 0 heterocycles. The fourth-order valence-corrected chi connectivity index (χ4v) is 8.82. The smallest absolute Gasteiger partial charge is 0.334 e. The molecule has 0 fully saturated rings. The van der Waals surface area contributed by atoms with Crippen LogP contribution in [-0.4, -0.2) is 42.0 Å². The second kappa shape index (κ2) is 24.3. The van der Waals surface area contributed by atoms with Gasteiger partial charge in [0, 0.05) is 0 Å². The second-order valence-corrected chi connectivity index (χ2v) is 17.4. The van der Waals surface area contributed by atoms with Crippen molar-refractivity contribution in [3.63, 3.8) is 0 Å². The SMILES string of the molecule is CC(C(C)P(=O)(OCc1ccccc1)OCc1ccccc1)[C@@H](OCc1ccccc1)[C@@H](OCc1ccccc1)[C@H](CN(C=O)OCc1ccccc1)OCc1ccccc1. The molecule has 6 rings (SSSR count). The minimum Gasteiger partial charge on any atom is -0.370 e. The summed E-state index contributed by atoms with van der Waals surface area (Å²) in [5, 5.41) is 1.25. The lowest BCUT2D eigenvalue weighted by atomic mass is 9.92. The molecule has 0 aliphatic heterocycles. The Bertz CT molecular complexity index is 2100. The molecule has 0 spiro atoms. The van der Waals surface area contributed by atoms with Crippen LogP contribution in [0.15, 0.2) is 182 Å². The molecule has 2 unspecified atom stereocenters. The van der Waals surface area contributed by atoms with Crippen molar-refractivity contribution in [2.75, 3.05) is 6.54 Å². The first-order chi connectivity index (χ1) is 29.9. The van der Waals surface area contributed by atoms with Crippen molar-refractivity contribution in [1.29, 1.82) is 0 Å². The van der Waals surface area contributed by atoms with E-state index in [1.54, 1.807) is 0 Å². The van der Waals surface area contributed by atoms with E-state index in [1.165, 1.54) is 5.06 Å². The van der Waals surface area contributed by atoms with Crippen LogP contribution >= 0.6 is 7.60 Å². The number of nitrogens with zero attached hydrogens (tertiary/aromatic N) is 1. The average molecular weight is 842 g/mol. The van der Waals surface area contributed by atoms with Crippen LogP contribution in [0, 0.1) is 5.92 Å². The molecule has 0 aromatic heterocycles. The largest absolute Gasteiger partial charge is 0.370 e. The van der Waals surface area contributed by atoms with Crippen molar-refractivity contribution >= 4 is 14.0 Å². The highest BCUT2D eigenvalue weighted by atomic mass is 31.2. The third-order valence-corrected chi connectivity index (χ3v) is 13.0. The second-order valence-electron chi connectivity index (χ2n) is 15.0.